The molecule has 46 heavy (non-hydrogen) atoms. The molecule has 0 fully saturated rings. The Morgan fingerprint density at radius 1 is 0.804 bits per heavy atom. The second-order valence-corrected chi connectivity index (χ2v) is 12.5. The molecule has 2 amide bonds. The van der Waals surface area contributed by atoms with Gasteiger partial charge in [-0.2, -0.15) is 0 Å². The van der Waals surface area contributed by atoms with Crippen LogP contribution in [0.1, 0.15) is 39.2 Å². The summed E-state index contributed by atoms with van der Waals surface area (Å²) in [4.78, 5) is 29.2. The maximum absolute atomic E-state index is 14.4. The van der Waals surface area contributed by atoms with Crippen molar-refractivity contribution in [3.05, 3.63) is 72.3 Å². The molecule has 0 heterocycles. The van der Waals surface area contributed by atoms with Crippen molar-refractivity contribution in [3.8, 4) is 23.0 Å². The molecule has 0 saturated heterocycles. The van der Waals surface area contributed by atoms with Crippen LogP contribution in [0.3, 0.4) is 0 Å². The average molecular weight is 656 g/mol. The van der Waals surface area contributed by atoms with E-state index in [1.807, 2.05) is 51.1 Å². The summed E-state index contributed by atoms with van der Waals surface area (Å²) in [5.41, 5.74) is 1.06. The molecule has 2 atom stereocenters. The SMILES string of the molecule is CC[C@H](C)NC(=O)[C@H](CC)N(CCc1ccccc1)C(=O)CN(c1cc(OC)ccc1OC)S(=O)(=O)c1ccc(OC)c(OC)c1. The standard InChI is InChI=1S/C34H45N3O8S/c1-8-24(3)35-34(39)28(9-2)36(20-19-25-13-11-10-12-14-25)33(38)23-37(29-21-26(42-4)15-17-30(29)43-5)46(40,41)27-16-18-31(44-6)32(22-27)45-7/h10-18,21-22,24,28H,8-9,19-20,23H2,1-7H3,(H,35,39)/t24-,28-/m0/s1. The fourth-order valence-electron chi connectivity index (χ4n) is 4.95. The van der Waals surface area contributed by atoms with Crippen molar-refractivity contribution in [3.63, 3.8) is 0 Å². The summed E-state index contributed by atoms with van der Waals surface area (Å²) in [7, 11) is 1.29. The number of hydrogen-bond donors (Lipinski definition) is 1. The van der Waals surface area contributed by atoms with Crippen LogP contribution in [0.25, 0.3) is 0 Å². The number of anilines is 1. The van der Waals surface area contributed by atoms with Crippen molar-refractivity contribution in [2.45, 2.75) is 57.0 Å². The average Bonchev–Trinajstić information content (AvgIpc) is 3.08. The van der Waals surface area contributed by atoms with Gasteiger partial charge in [0.1, 0.15) is 24.1 Å². The van der Waals surface area contributed by atoms with E-state index in [0.717, 1.165) is 9.87 Å². The van der Waals surface area contributed by atoms with Crippen LogP contribution in [0.2, 0.25) is 0 Å². The van der Waals surface area contributed by atoms with Crippen LogP contribution in [0.15, 0.2) is 71.6 Å². The minimum atomic E-state index is -4.43. The number of amides is 2. The lowest BCUT2D eigenvalue weighted by Crippen LogP contribution is -2.54. The molecule has 0 spiro atoms. The van der Waals surface area contributed by atoms with Gasteiger partial charge in [-0.25, -0.2) is 8.42 Å². The minimum Gasteiger partial charge on any atom is -0.497 e. The lowest BCUT2D eigenvalue weighted by molar-refractivity contribution is -0.139. The van der Waals surface area contributed by atoms with Gasteiger partial charge in [-0.15, -0.1) is 0 Å². The fraction of sp³-hybridized carbons (Fsp3) is 0.412. The van der Waals surface area contributed by atoms with Crippen molar-refractivity contribution < 1.29 is 37.0 Å². The van der Waals surface area contributed by atoms with Gasteiger partial charge in [0.15, 0.2) is 11.5 Å². The largest absolute Gasteiger partial charge is 0.497 e. The highest BCUT2D eigenvalue weighted by molar-refractivity contribution is 7.92. The first kappa shape index (κ1) is 36.0. The van der Waals surface area contributed by atoms with E-state index in [1.165, 1.54) is 57.6 Å². The van der Waals surface area contributed by atoms with E-state index in [0.29, 0.717) is 30.8 Å². The summed E-state index contributed by atoms with van der Waals surface area (Å²) >= 11 is 0. The Balaban J connectivity index is 2.15. The fourth-order valence-corrected chi connectivity index (χ4v) is 6.38. The molecule has 11 nitrogen and oxygen atoms in total. The molecule has 3 rings (SSSR count). The van der Waals surface area contributed by atoms with Gasteiger partial charge in [0.05, 0.1) is 39.0 Å². The van der Waals surface area contributed by atoms with Crippen LogP contribution in [0.5, 0.6) is 23.0 Å². The number of carbonyl (C=O) groups is 2. The highest BCUT2D eigenvalue weighted by Crippen LogP contribution is 2.37. The molecule has 0 aliphatic heterocycles. The molecule has 0 aliphatic carbocycles. The zero-order valence-corrected chi connectivity index (χ0v) is 28.4. The number of benzene rings is 3. The number of rotatable bonds is 17. The molecule has 0 unspecified atom stereocenters. The van der Waals surface area contributed by atoms with Crippen LogP contribution in [0.4, 0.5) is 5.69 Å². The van der Waals surface area contributed by atoms with Crippen molar-refractivity contribution in [2.24, 2.45) is 0 Å². The van der Waals surface area contributed by atoms with Gasteiger partial charge in [0, 0.05) is 24.7 Å². The third kappa shape index (κ3) is 8.63. The van der Waals surface area contributed by atoms with E-state index in [2.05, 4.69) is 5.32 Å². The summed E-state index contributed by atoms with van der Waals surface area (Å²) in [6, 6.07) is 17.5. The lowest BCUT2D eigenvalue weighted by Gasteiger charge is -2.34. The third-order valence-electron chi connectivity index (χ3n) is 7.75. The number of sulfonamides is 1. The predicted molar refractivity (Wildman–Crippen MR) is 177 cm³/mol. The van der Waals surface area contributed by atoms with Crippen molar-refractivity contribution in [1.29, 1.82) is 0 Å². The summed E-state index contributed by atoms with van der Waals surface area (Å²) in [5.74, 6) is 0.242. The first-order valence-electron chi connectivity index (χ1n) is 15.1. The maximum Gasteiger partial charge on any atom is 0.265 e. The van der Waals surface area contributed by atoms with Crippen molar-refractivity contribution in [1.82, 2.24) is 10.2 Å². The molecular formula is C34H45N3O8S. The number of carbonyl (C=O) groups excluding carboxylic acids is 2. The Labute approximate surface area is 272 Å². The molecule has 0 aromatic heterocycles. The Morgan fingerprint density at radius 2 is 1.46 bits per heavy atom. The lowest BCUT2D eigenvalue weighted by atomic mass is 10.1. The van der Waals surface area contributed by atoms with Gasteiger partial charge in [0.25, 0.3) is 10.0 Å². The summed E-state index contributed by atoms with van der Waals surface area (Å²) < 4.78 is 51.5. The molecule has 0 radical (unpaired) electrons. The summed E-state index contributed by atoms with van der Waals surface area (Å²) in [6.45, 7) is 5.25. The summed E-state index contributed by atoms with van der Waals surface area (Å²) in [6.07, 6.45) is 1.51. The van der Waals surface area contributed by atoms with Gasteiger partial charge in [-0.05, 0) is 56.0 Å². The topological polar surface area (TPSA) is 124 Å². The van der Waals surface area contributed by atoms with Crippen LogP contribution in [-0.4, -0.2) is 78.7 Å². The number of ether oxygens (including phenoxy) is 4. The van der Waals surface area contributed by atoms with Gasteiger partial charge < -0.3 is 29.2 Å². The Hall–Kier alpha value is -4.45. The first-order valence-corrected chi connectivity index (χ1v) is 16.6. The van der Waals surface area contributed by atoms with Crippen molar-refractivity contribution >= 4 is 27.5 Å². The van der Waals surface area contributed by atoms with E-state index in [1.54, 1.807) is 12.1 Å². The van der Waals surface area contributed by atoms with Crippen LogP contribution < -0.4 is 28.6 Å². The highest BCUT2D eigenvalue weighted by atomic mass is 32.2. The molecule has 3 aromatic rings. The van der Waals surface area contributed by atoms with E-state index in [-0.39, 0.29) is 40.6 Å². The van der Waals surface area contributed by atoms with Gasteiger partial charge in [-0.3, -0.25) is 13.9 Å². The number of nitrogens with one attached hydrogen (secondary N) is 1. The van der Waals surface area contributed by atoms with Crippen LogP contribution >= 0.6 is 0 Å². The molecule has 3 aromatic carbocycles. The quantitative estimate of drug-likeness (QED) is 0.222. The van der Waals surface area contributed by atoms with E-state index in [4.69, 9.17) is 18.9 Å². The third-order valence-corrected chi connectivity index (χ3v) is 9.50. The van der Waals surface area contributed by atoms with Gasteiger partial charge in [-0.1, -0.05) is 44.2 Å². The highest BCUT2D eigenvalue weighted by Gasteiger charge is 2.35. The second-order valence-electron chi connectivity index (χ2n) is 10.6. The Morgan fingerprint density at radius 3 is 2.04 bits per heavy atom. The van der Waals surface area contributed by atoms with E-state index >= 15 is 0 Å². The minimum absolute atomic E-state index is 0.0881. The molecule has 12 heteroatoms. The number of methoxy groups -OCH3 is 4. The van der Waals surface area contributed by atoms with Gasteiger partial charge in [0.2, 0.25) is 11.8 Å². The predicted octanol–water partition coefficient (Wildman–Crippen LogP) is 4.68. The number of hydrogen-bond acceptors (Lipinski definition) is 8. The molecular weight excluding hydrogens is 610 g/mol. The van der Waals surface area contributed by atoms with E-state index < -0.39 is 28.5 Å². The Kier molecular flexibility index (Phi) is 13.1. The van der Waals surface area contributed by atoms with Crippen molar-refractivity contribution in [2.75, 3.05) is 45.8 Å². The summed E-state index contributed by atoms with van der Waals surface area (Å²) in [5, 5.41) is 2.99. The monoisotopic (exact) mass is 655 g/mol. The molecule has 0 saturated carbocycles. The maximum atomic E-state index is 14.4. The first-order chi connectivity index (χ1) is 22.0. The number of nitrogens with zero attached hydrogens (tertiary/aromatic N) is 2. The second kappa shape index (κ2) is 16.7. The zero-order valence-electron chi connectivity index (χ0n) is 27.6. The Bertz CT molecular complexity index is 1570. The molecule has 1 N–H and O–H groups in total. The molecule has 0 aliphatic rings. The smallest absolute Gasteiger partial charge is 0.265 e. The van der Waals surface area contributed by atoms with Crippen LogP contribution in [-0.2, 0) is 26.0 Å². The zero-order chi connectivity index (χ0) is 33.9. The van der Waals surface area contributed by atoms with Gasteiger partial charge >= 0.3 is 0 Å². The van der Waals surface area contributed by atoms with Crippen LogP contribution in [0, 0.1) is 0 Å². The normalized spacial score (nSPS) is 12.4. The molecule has 250 valence electrons. The van der Waals surface area contributed by atoms with E-state index in [9.17, 15) is 18.0 Å². The molecule has 0 bridgehead atoms.